The van der Waals surface area contributed by atoms with Crippen LogP contribution in [0.4, 0.5) is 0 Å². The Hall–Kier alpha value is 0. The first-order chi connectivity index (χ1) is 9.50. The highest BCUT2D eigenvalue weighted by Crippen LogP contribution is 2.70. The lowest BCUT2D eigenvalue weighted by Crippen LogP contribution is -2.28. The minimum atomic E-state index is 0.600. The third-order valence-corrected chi connectivity index (χ3v) is 8.21. The molecule has 0 amide bonds. The second-order valence-electron chi connectivity index (χ2n) is 9.44. The summed E-state index contributed by atoms with van der Waals surface area (Å²) in [4.78, 5) is 0. The van der Waals surface area contributed by atoms with Crippen molar-refractivity contribution in [3.63, 3.8) is 0 Å². The third kappa shape index (κ3) is 3.67. The van der Waals surface area contributed by atoms with Gasteiger partial charge < -0.3 is 0 Å². The predicted molar refractivity (Wildman–Crippen MR) is 96.4 cm³/mol. The fourth-order valence-electron chi connectivity index (χ4n) is 4.70. The standard InChI is InChI=1S/C21H42/c1-11-20(9)13-21(20,10)16(5)12-15(4)18(7)19(8)17(6)14(2)3/h14-19H,11-13H2,1-10H3. The van der Waals surface area contributed by atoms with Gasteiger partial charge in [0.15, 0.2) is 0 Å². The molecular weight excluding hydrogens is 252 g/mol. The molecule has 1 saturated carbocycles. The molecule has 0 bridgehead atoms. The lowest BCUT2D eigenvalue weighted by Gasteiger charge is -2.35. The van der Waals surface area contributed by atoms with E-state index in [2.05, 4.69) is 69.2 Å². The summed E-state index contributed by atoms with van der Waals surface area (Å²) in [7, 11) is 0. The van der Waals surface area contributed by atoms with Crippen LogP contribution in [0.5, 0.6) is 0 Å². The molecule has 0 N–H and O–H groups in total. The molecule has 1 aliphatic rings. The molecule has 0 aromatic carbocycles. The first-order valence-corrected chi connectivity index (χ1v) is 9.50. The fourth-order valence-corrected chi connectivity index (χ4v) is 4.70. The van der Waals surface area contributed by atoms with Gasteiger partial charge in [-0.3, -0.25) is 0 Å². The van der Waals surface area contributed by atoms with E-state index in [1.54, 1.807) is 0 Å². The predicted octanol–water partition coefficient (Wildman–Crippen LogP) is 7.04. The van der Waals surface area contributed by atoms with Crippen LogP contribution in [0.2, 0.25) is 0 Å². The molecule has 0 spiro atoms. The molecule has 0 heterocycles. The minimum absolute atomic E-state index is 0.600. The van der Waals surface area contributed by atoms with Crippen molar-refractivity contribution in [2.24, 2.45) is 46.3 Å². The lowest BCUT2D eigenvalue weighted by molar-refractivity contribution is 0.139. The molecule has 0 heteroatoms. The van der Waals surface area contributed by atoms with Gasteiger partial charge in [0.05, 0.1) is 0 Å². The van der Waals surface area contributed by atoms with Crippen LogP contribution in [0.3, 0.4) is 0 Å². The number of hydrogen-bond donors (Lipinski definition) is 0. The number of hydrogen-bond acceptors (Lipinski definition) is 0. The lowest BCUT2D eigenvalue weighted by atomic mass is 9.70. The van der Waals surface area contributed by atoms with Crippen molar-refractivity contribution in [2.75, 3.05) is 0 Å². The van der Waals surface area contributed by atoms with Crippen LogP contribution in [0, 0.1) is 46.3 Å². The summed E-state index contributed by atoms with van der Waals surface area (Å²) in [5.41, 5.74) is 1.22. The van der Waals surface area contributed by atoms with Gasteiger partial charge in [0.1, 0.15) is 0 Å². The van der Waals surface area contributed by atoms with Gasteiger partial charge in [0, 0.05) is 0 Å². The highest BCUT2D eigenvalue weighted by Gasteiger charge is 2.61. The van der Waals surface area contributed by atoms with E-state index in [1.165, 1.54) is 19.3 Å². The molecule has 0 saturated heterocycles. The molecule has 1 rings (SSSR count). The van der Waals surface area contributed by atoms with E-state index in [-0.39, 0.29) is 0 Å². The van der Waals surface area contributed by atoms with Crippen LogP contribution in [0.25, 0.3) is 0 Å². The van der Waals surface area contributed by atoms with Gasteiger partial charge in [-0.25, -0.2) is 0 Å². The van der Waals surface area contributed by atoms with E-state index in [0.29, 0.717) is 10.8 Å². The Morgan fingerprint density at radius 2 is 1.33 bits per heavy atom. The summed E-state index contributed by atoms with van der Waals surface area (Å²) >= 11 is 0. The van der Waals surface area contributed by atoms with E-state index < -0.39 is 0 Å². The van der Waals surface area contributed by atoms with E-state index in [1.807, 2.05) is 0 Å². The molecule has 7 unspecified atom stereocenters. The van der Waals surface area contributed by atoms with Crippen LogP contribution < -0.4 is 0 Å². The summed E-state index contributed by atoms with van der Waals surface area (Å²) in [6, 6.07) is 0. The van der Waals surface area contributed by atoms with Crippen molar-refractivity contribution in [1.82, 2.24) is 0 Å². The molecule has 0 aromatic rings. The zero-order valence-corrected chi connectivity index (χ0v) is 16.6. The van der Waals surface area contributed by atoms with Gasteiger partial charge in [0.2, 0.25) is 0 Å². The zero-order chi connectivity index (χ0) is 16.6. The van der Waals surface area contributed by atoms with Crippen LogP contribution in [-0.2, 0) is 0 Å². The fraction of sp³-hybridized carbons (Fsp3) is 1.00. The maximum Gasteiger partial charge on any atom is -0.0241 e. The van der Waals surface area contributed by atoms with Crippen LogP contribution in [0.15, 0.2) is 0 Å². The summed E-state index contributed by atoms with van der Waals surface area (Å²) in [5.74, 6) is 5.00. The largest absolute Gasteiger partial charge is 0.0648 e. The van der Waals surface area contributed by atoms with Crippen molar-refractivity contribution >= 4 is 0 Å². The van der Waals surface area contributed by atoms with Gasteiger partial charge in [-0.2, -0.15) is 0 Å². The van der Waals surface area contributed by atoms with E-state index in [0.717, 1.165) is 35.5 Å². The average molecular weight is 295 g/mol. The van der Waals surface area contributed by atoms with Gasteiger partial charge in [0.25, 0.3) is 0 Å². The molecule has 1 fully saturated rings. The molecule has 0 radical (unpaired) electrons. The maximum atomic E-state index is 2.54. The van der Waals surface area contributed by atoms with E-state index in [9.17, 15) is 0 Å². The minimum Gasteiger partial charge on any atom is -0.0648 e. The highest BCUT2D eigenvalue weighted by molar-refractivity contribution is 5.10. The van der Waals surface area contributed by atoms with Crippen molar-refractivity contribution in [3.8, 4) is 0 Å². The van der Waals surface area contributed by atoms with Crippen molar-refractivity contribution < 1.29 is 0 Å². The third-order valence-electron chi connectivity index (χ3n) is 8.21. The van der Waals surface area contributed by atoms with E-state index in [4.69, 9.17) is 0 Å². The molecule has 0 nitrogen and oxygen atoms in total. The molecular formula is C21H42. The second kappa shape index (κ2) is 6.63. The molecule has 1 aliphatic carbocycles. The summed E-state index contributed by atoms with van der Waals surface area (Å²) < 4.78 is 0. The van der Waals surface area contributed by atoms with E-state index >= 15 is 0 Å². The highest BCUT2D eigenvalue weighted by atomic mass is 14.7. The Morgan fingerprint density at radius 1 is 0.810 bits per heavy atom. The Labute approximate surface area is 135 Å². The van der Waals surface area contributed by atoms with Crippen molar-refractivity contribution in [2.45, 2.75) is 88.5 Å². The van der Waals surface area contributed by atoms with Crippen molar-refractivity contribution in [3.05, 3.63) is 0 Å². The first kappa shape index (κ1) is 19.0. The molecule has 7 atom stereocenters. The van der Waals surface area contributed by atoms with Gasteiger partial charge in [-0.05, 0) is 59.2 Å². The first-order valence-electron chi connectivity index (χ1n) is 9.50. The second-order valence-corrected chi connectivity index (χ2v) is 9.44. The number of rotatable bonds is 8. The summed E-state index contributed by atoms with van der Waals surface area (Å²) in [6.45, 7) is 24.6. The SMILES string of the molecule is CCC1(C)CC1(C)C(C)CC(C)C(C)C(C)C(C)C(C)C. The topological polar surface area (TPSA) is 0 Å². The van der Waals surface area contributed by atoms with Gasteiger partial charge in [-0.1, -0.05) is 75.7 Å². The Bertz CT molecular complexity index is 331. The molecule has 0 aromatic heterocycles. The molecule has 21 heavy (non-hydrogen) atoms. The van der Waals surface area contributed by atoms with Crippen LogP contribution in [-0.4, -0.2) is 0 Å². The molecule has 0 aliphatic heterocycles. The van der Waals surface area contributed by atoms with Gasteiger partial charge >= 0.3 is 0 Å². The normalized spacial score (nSPS) is 36.1. The quantitative estimate of drug-likeness (QED) is 0.450. The van der Waals surface area contributed by atoms with Crippen molar-refractivity contribution in [1.29, 1.82) is 0 Å². The Balaban J connectivity index is 2.59. The maximum absolute atomic E-state index is 2.54. The Morgan fingerprint density at radius 3 is 1.71 bits per heavy atom. The average Bonchev–Trinajstić information content (AvgIpc) is 3.00. The van der Waals surface area contributed by atoms with Gasteiger partial charge in [-0.15, -0.1) is 0 Å². The Kier molecular flexibility index (Phi) is 6.01. The molecule has 126 valence electrons. The zero-order valence-electron chi connectivity index (χ0n) is 16.6. The monoisotopic (exact) mass is 294 g/mol. The van der Waals surface area contributed by atoms with Crippen LogP contribution >= 0.6 is 0 Å². The smallest absolute Gasteiger partial charge is 0.0241 e. The van der Waals surface area contributed by atoms with Crippen LogP contribution in [0.1, 0.15) is 88.5 Å². The summed E-state index contributed by atoms with van der Waals surface area (Å²) in [5, 5.41) is 0. The summed E-state index contributed by atoms with van der Waals surface area (Å²) in [6.07, 6.45) is 4.19.